The Morgan fingerprint density at radius 3 is 1.90 bits per heavy atom. The molecule has 13 heteroatoms. The number of alkyl halides is 5. The van der Waals surface area contributed by atoms with Crippen molar-refractivity contribution >= 4 is 29.4 Å². The van der Waals surface area contributed by atoms with E-state index in [1.165, 1.54) is 0 Å². The van der Waals surface area contributed by atoms with E-state index in [1.807, 2.05) is 0 Å². The van der Waals surface area contributed by atoms with Gasteiger partial charge in [0.05, 0.1) is 5.69 Å². The zero-order chi connectivity index (χ0) is 23.7. The first-order valence-corrected chi connectivity index (χ1v) is 8.92. The minimum atomic E-state index is -5.87. The van der Waals surface area contributed by atoms with Crippen LogP contribution in [-0.4, -0.2) is 42.4 Å². The number of benzene rings is 2. The maximum Gasteiger partial charge on any atom is 0.464 e. The van der Waals surface area contributed by atoms with Gasteiger partial charge in [-0.05, 0) is 42.1 Å². The van der Waals surface area contributed by atoms with Crippen LogP contribution in [0.2, 0.25) is 0 Å². The quantitative estimate of drug-likeness (QED) is 0.425. The Hall–Kier alpha value is -2.83. The highest BCUT2D eigenvalue weighted by atomic mass is 32.2. The molecule has 0 aliphatic rings. The van der Waals surface area contributed by atoms with Gasteiger partial charge in [-0.1, -0.05) is 6.07 Å². The van der Waals surface area contributed by atoms with Crippen molar-refractivity contribution in [3.63, 3.8) is 0 Å². The number of halogens is 8. The molecule has 0 unspecified atom stereocenters. The molecule has 0 aromatic heterocycles. The van der Waals surface area contributed by atoms with Crippen LogP contribution in [-0.2, 0) is 0 Å². The number of hydrogen-bond donors (Lipinski definition) is 0. The molecule has 3 amide bonds. The molecule has 31 heavy (non-hydrogen) atoms. The first-order chi connectivity index (χ1) is 14.2. The zero-order valence-corrected chi connectivity index (χ0v) is 16.4. The molecule has 0 fully saturated rings. The summed E-state index contributed by atoms with van der Waals surface area (Å²) in [5.74, 6) is -5.22. The predicted molar refractivity (Wildman–Crippen MR) is 95.5 cm³/mol. The molecule has 0 saturated carbocycles. The van der Waals surface area contributed by atoms with Gasteiger partial charge in [0.2, 0.25) is 0 Å². The highest BCUT2D eigenvalue weighted by molar-refractivity contribution is 8.00. The van der Waals surface area contributed by atoms with Crippen LogP contribution in [0.4, 0.5) is 45.6 Å². The number of urea groups is 1. The Morgan fingerprint density at radius 2 is 1.42 bits per heavy atom. The molecular weight excluding hydrogens is 460 g/mol. The van der Waals surface area contributed by atoms with Crippen molar-refractivity contribution in [2.75, 3.05) is 19.0 Å². The molecule has 0 atom stereocenters. The van der Waals surface area contributed by atoms with Crippen LogP contribution >= 0.6 is 11.8 Å². The summed E-state index contributed by atoms with van der Waals surface area (Å²) < 4.78 is 105. The number of carbonyl (C=O) groups excluding carboxylic acids is 2. The van der Waals surface area contributed by atoms with Gasteiger partial charge < -0.3 is 0 Å². The van der Waals surface area contributed by atoms with Crippen molar-refractivity contribution in [3.05, 3.63) is 59.4 Å². The van der Waals surface area contributed by atoms with Gasteiger partial charge >= 0.3 is 17.5 Å². The summed E-state index contributed by atoms with van der Waals surface area (Å²) in [6, 6.07) is 3.10. The standard InChI is InChI=1S/C18H12F8N2O2S/c1-27(16(30)28(2)15(29)14-10(19)4-3-5-11(14)20)13-7-6-9(8-12(13)21)31-18(25,26)17(22,23)24/h3-8H,1-2H3. The van der Waals surface area contributed by atoms with Crippen molar-refractivity contribution in [1.82, 2.24) is 4.90 Å². The van der Waals surface area contributed by atoms with Gasteiger partial charge in [-0.15, -0.1) is 0 Å². The molecule has 2 aromatic rings. The molecule has 2 rings (SSSR count). The Bertz CT molecular complexity index is 992. The van der Waals surface area contributed by atoms with Gasteiger partial charge in [0, 0.05) is 19.0 Å². The maximum absolute atomic E-state index is 14.3. The van der Waals surface area contributed by atoms with Crippen LogP contribution in [0, 0.1) is 17.5 Å². The summed E-state index contributed by atoms with van der Waals surface area (Å²) in [7, 11) is 1.82. The average Bonchev–Trinajstić information content (AvgIpc) is 2.65. The number of imide groups is 1. The fourth-order valence-corrected chi connectivity index (χ4v) is 3.02. The number of anilines is 1. The van der Waals surface area contributed by atoms with Crippen molar-refractivity contribution in [2.45, 2.75) is 16.3 Å². The minimum absolute atomic E-state index is 0.279. The summed E-state index contributed by atoms with van der Waals surface area (Å²) in [6.07, 6.45) is -5.87. The lowest BCUT2D eigenvalue weighted by Gasteiger charge is -2.25. The summed E-state index contributed by atoms with van der Waals surface area (Å²) in [4.78, 5) is 24.7. The van der Waals surface area contributed by atoms with Crippen LogP contribution in [0.15, 0.2) is 41.3 Å². The maximum atomic E-state index is 14.3. The second-order valence-electron chi connectivity index (χ2n) is 6.03. The lowest BCUT2D eigenvalue weighted by atomic mass is 10.1. The number of amides is 3. The van der Waals surface area contributed by atoms with Crippen LogP contribution in [0.25, 0.3) is 0 Å². The van der Waals surface area contributed by atoms with Crippen molar-refractivity contribution in [2.24, 2.45) is 0 Å². The number of rotatable bonds is 4. The molecule has 0 heterocycles. The fraction of sp³-hybridized carbons (Fsp3) is 0.222. The first-order valence-electron chi connectivity index (χ1n) is 8.10. The third-order valence-corrected chi connectivity index (χ3v) is 4.89. The van der Waals surface area contributed by atoms with Crippen molar-refractivity contribution in [3.8, 4) is 0 Å². The van der Waals surface area contributed by atoms with E-state index in [1.54, 1.807) is 0 Å². The lowest BCUT2D eigenvalue weighted by Crippen LogP contribution is -2.43. The number of thioether (sulfide) groups is 1. The molecule has 0 aliphatic heterocycles. The second-order valence-corrected chi connectivity index (χ2v) is 7.22. The molecular formula is C18H12F8N2O2S. The van der Waals surface area contributed by atoms with Crippen LogP contribution < -0.4 is 4.90 Å². The van der Waals surface area contributed by atoms with E-state index in [-0.39, 0.29) is 4.90 Å². The van der Waals surface area contributed by atoms with E-state index in [0.29, 0.717) is 17.0 Å². The molecule has 0 saturated heterocycles. The zero-order valence-electron chi connectivity index (χ0n) is 15.6. The fourth-order valence-electron chi connectivity index (χ4n) is 2.31. The Morgan fingerprint density at radius 1 is 0.871 bits per heavy atom. The van der Waals surface area contributed by atoms with Gasteiger partial charge in [-0.25, -0.2) is 18.0 Å². The van der Waals surface area contributed by atoms with Gasteiger partial charge in [0.1, 0.15) is 23.0 Å². The summed E-state index contributed by atoms with van der Waals surface area (Å²) in [5.41, 5.74) is -1.62. The SMILES string of the molecule is CN(C(=O)c1c(F)cccc1F)C(=O)N(C)c1ccc(SC(F)(F)C(F)(F)F)cc1F. The highest BCUT2D eigenvalue weighted by Crippen LogP contribution is 2.47. The lowest BCUT2D eigenvalue weighted by molar-refractivity contribution is -0.237. The normalized spacial score (nSPS) is 11.9. The average molecular weight is 472 g/mol. The largest absolute Gasteiger partial charge is 0.464 e. The molecule has 168 valence electrons. The highest BCUT2D eigenvalue weighted by Gasteiger charge is 2.58. The third-order valence-electron chi connectivity index (χ3n) is 3.91. The predicted octanol–water partition coefficient (Wildman–Crippen LogP) is 5.68. The van der Waals surface area contributed by atoms with E-state index < -0.39 is 68.7 Å². The number of nitrogens with zero attached hydrogens (tertiary/aromatic N) is 2. The van der Waals surface area contributed by atoms with Crippen LogP contribution in [0.1, 0.15) is 10.4 Å². The molecule has 2 aromatic carbocycles. The van der Waals surface area contributed by atoms with E-state index in [4.69, 9.17) is 0 Å². The number of hydrogen-bond acceptors (Lipinski definition) is 3. The van der Waals surface area contributed by atoms with Crippen molar-refractivity contribution in [1.29, 1.82) is 0 Å². The van der Waals surface area contributed by atoms with E-state index in [2.05, 4.69) is 0 Å². The second kappa shape index (κ2) is 8.73. The van der Waals surface area contributed by atoms with Gasteiger partial charge in [-0.2, -0.15) is 22.0 Å². The summed E-state index contributed by atoms with van der Waals surface area (Å²) in [6.45, 7) is 0. The van der Waals surface area contributed by atoms with Crippen molar-refractivity contribution < 1.29 is 44.7 Å². The van der Waals surface area contributed by atoms with Gasteiger partial charge in [0.25, 0.3) is 5.91 Å². The van der Waals surface area contributed by atoms with E-state index in [0.717, 1.165) is 38.4 Å². The third kappa shape index (κ3) is 5.09. The molecule has 0 spiro atoms. The molecule has 0 N–H and O–H groups in total. The van der Waals surface area contributed by atoms with E-state index >= 15 is 0 Å². The minimum Gasteiger partial charge on any atom is -0.294 e. The molecule has 0 bridgehead atoms. The first kappa shape index (κ1) is 24.4. The molecule has 4 nitrogen and oxygen atoms in total. The Labute approximate surface area is 174 Å². The van der Waals surface area contributed by atoms with Crippen LogP contribution in [0.3, 0.4) is 0 Å². The molecule has 0 aliphatic carbocycles. The summed E-state index contributed by atoms with van der Waals surface area (Å²) >= 11 is -0.942. The van der Waals surface area contributed by atoms with Gasteiger partial charge in [0.15, 0.2) is 0 Å². The van der Waals surface area contributed by atoms with E-state index in [9.17, 15) is 44.7 Å². The Kier molecular flexibility index (Phi) is 6.88. The van der Waals surface area contributed by atoms with Gasteiger partial charge in [-0.3, -0.25) is 14.6 Å². The summed E-state index contributed by atoms with van der Waals surface area (Å²) in [5, 5.41) is -5.18. The van der Waals surface area contributed by atoms with Crippen LogP contribution in [0.5, 0.6) is 0 Å². The number of carbonyl (C=O) groups is 2. The smallest absolute Gasteiger partial charge is 0.294 e. The monoisotopic (exact) mass is 472 g/mol. The Balaban J connectivity index is 2.25. The molecule has 0 radical (unpaired) electrons. The topological polar surface area (TPSA) is 40.6 Å².